The van der Waals surface area contributed by atoms with Gasteiger partial charge in [-0.1, -0.05) is 19.9 Å². The molecule has 3 aromatic rings. The van der Waals surface area contributed by atoms with E-state index in [4.69, 9.17) is 24.2 Å². The minimum absolute atomic E-state index is 0.125. The number of ether oxygens (including phenoxy) is 3. The van der Waals surface area contributed by atoms with Gasteiger partial charge in [-0.3, -0.25) is 24.6 Å². The Balaban J connectivity index is 1.45. The van der Waals surface area contributed by atoms with Gasteiger partial charge in [-0.15, -0.1) is 11.8 Å². The molecule has 1 fully saturated rings. The molecule has 13 nitrogen and oxygen atoms in total. The van der Waals surface area contributed by atoms with Crippen LogP contribution in [0.2, 0.25) is 0 Å². The van der Waals surface area contributed by atoms with Crippen LogP contribution in [0.25, 0.3) is 22.2 Å². The quantitative estimate of drug-likeness (QED) is 0.278. The molecule has 14 heteroatoms. The Hall–Kier alpha value is -3.98. The summed E-state index contributed by atoms with van der Waals surface area (Å²) in [6.07, 6.45) is 3.41. The zero-order chi connectivity index (χ0) is 38.7. The van der Waals surface area contributed by atoms with Crippen LogP contribution in [0.15, 0.2) is 41.5 Å². The van der Waals surface area contributed by atoms with Crippen LogP contribution >= 0.6 is 11.8 Å². The number of esters is 1. The van der Waals surface area contributed by atoms with E-state index in [1.165, 1.54) is 9.91 Å². The van der Waals surface area contributed by atoms with Gasteiger partial charge in [-0.05, 0) is 75.4 Å². The zero-order valence-electron chi connectivity index (χ0n) is 32.8. The van der Waals surface area contributed by atoms with E-state index in [-0.39, 0.29) is 43.2 Å². The first kappa shape index (κ1) is 39.7. The molecule has 0 spiro atoms. The zero-order valence-corrected chi connectivity index (χ0v) is 33.6. The lowest BCUT2D eigenvalue weighted by atomic mass is 9.84. The fraction of sp³-hybridized carbons (Fsp3) is 0.575. The molecule has 0 aliphatic carbocycles. The van der Waals surface area contributed by atoms with Gasteiger partial charge >= 0.3 is 12.0 Å². The summed E-state index contributed by atoms with van der Waals surface area (Å²) in [6, 6.07) is 8.57. The molecule has 1 aromatic carbocycles. The van der Waals surface area contributed by atoms with Gasteiger partial charge in [-0.25, -0.2) is 10.2 Å². The van der Waals surface area contributed by atoms with Crippen LogP contribution in [-0.4, -0.2) is 107 Å². The second-order valence-electron chi connectivity index (χ2n) is 15.4. The number of amides is 3. The Bertz CT molecular complexity index is 1900. The molecule has 292 valence electrons. The highest BCUT2D eigenvalue weighted by Gasteiger charge is 2.37. The maximum atomic E-state index is 14.2. The van der Waals surface area contributed by atoms with Gasteiger partial charge in [0.15, 0.2) is 0 Å². The molecule has 3 aliphatic rings. The number of benzene rings is 1. The minimum atomic E-state index is -0.902. The van der Waals surface area contributed by atoms with Crippen LogP contribution in [-0.2, 0) is 36.8 Å². The third kappa shape index (κ3) is 8.46. The van der Waals surface area contributed by atoms with Crippen LogP contribution in [0.1, 0.15) is 82.8 Å². The predicted octanol–water partition coefficient (Wildman–Crippen LogP) is 5.67. The van der Waals surface area contributed by atoms with Gasteiger partial charge in [0, 0.05) is 81.2 Å². The Morgan fingerprint density at radius 3 is 2.74 bits per heavy atom. The number of methoxy groups -OCH3 is 2. The molecule has 1 unspecified atom stereocenters. The Labute approximate surface area is 322 Å². The number of aryl methyl sites for hydroxylation is 1. The third-order valence-corrected chi connectivity index (χ3v) is 11.8. The molecule has 5 heterocycles. The molecule has 1 saturated heterocycles. The summed E-state index contributed by atoms with van der Waals surface area (Å²) < 4.78 is 19.6. The molecule has 3 aliphatic heterocycles. The molecular weight excluding hydrogens is 707 g/mol. The van der Waals surface area contributed by atoms with Crippen molar-refractivity contribution in [1.82, 2.24) is 30.2 Å². The summed E-state index contributed by atoms with van der Waals surface area (Å²) in [5, 5.41) is 6.35. The number of nitrogens with zero attached hydrogens (tertiary/aromatic N) is 5. The summed E-state index contributed by atoms with van der Waals surface area (Å²) in [6.45, 7) is 12.0. The number of hydrogen-bond acceptors (Lipinski definition) is 10. The number of nitrogens with one attached hydrogen (secondary N) is 2. The number of thioether (sulfide) groups is 1. The summed E-state index contributed by atoms with van der Waals surface area (Å²) in [4.78, 5) is 52.7. The third-order valence-electron chi connectivity index (χ3n) is 10.7. The van der Waals surface area contributed by atoms with Crippen molar-refractivity contribution in [3.63, 3.8) is 0 Å². The molecule has 0 saturated carbocycles. The van der Waals surface area contributed by atoms with E-state index in [2.05, 4.69) is 60.3 Å². The van der Waals surface area contributed by atoms with Crippen LogP contribution in [0, 0.1) is 5.41 Å². The van der Waals surface area contributed by atoms with Crippen molar-refractivity contribution >= 4 is 45.6 Å². The Morgan fingerprint density at radius 2 is 2.00 bits per heavy atom. The van der Waals surface area contributed by atoms with Crippen molar-refractivity contribution < 1.29 is 28.6 Å². The van der Waals surface area contributed by atoms with Gasteiger partial charge < -0.3 is 29.0 Å². The van der Waals surface area contributed by atoms with E-state index >= 15 is 0 Å². The van der Waals surface area contributed by atoms with Gasteiger partial charge in [0.05, 0.1) is 41.3 Å². The van der Waals surface area contributed by atoms with E-state index in [0.29, 0.717) is 38.1 Å². The summed E-state index contributed by atoms with van der Waals surface area (Å²) in [7, 11) is 4.97. The van der Waals surface area contributed by atoms with Crippen molar-refractivity contribution in [3.8, 4) is 11.3 Å². The number of hydrazine groups is 1. The molecule has 5 atom stereocenters. The Kier molecular flexibility index (Phi) is 12.4. The van der Waals surface area contributed by atoms with Gasteiger partial charge in [0.25, 0.3) is 5.91 Å². The lowest BCUT2D eigenvalue weighted by Crippen LogP contribution is -2.61. The van der Waals surface area contributed by atoms with Gasteiger partial charge in [0.1, 0.15) is 12.1 Å². The first-order valence-corrected chi connectivity index (χ1v) is 19.9. The highest BCUT2D eigenvalue weighted by atomic mass is 32.2. The molecule has 6 bridgehead atoms. The summed E-state index contributed by atoms with van der Waals surface area (Å²) in [5.41, 5.74) is 9.00. The summed E-state index contributed by atoms with van der Waals surface area (Å²) >= 11 is 1.61. The number of pyridine rings is 1. The molecule has 3 amide bonds. The second kappa shape index (κ2) is 16.8. The average molecular weight is 762 g/mol. The number of aliphatic imine (C=N–C) groups is 1. The minimum Gasteiger partial charge on any atom is -0.464 e. The number of aromatic nitrogens is 2. The lowest BCUT2D eigenvalue weighted by molar-refractivity contribution is -0.155. The van der Waals surface area contributed by atoms with Crippen LogP contribution in [0.3, 0.4) is 0 Å². The second-order valence-corrected chi connectivity index (χ2v) is 16.5. The van der Waals surface area contributed by atoms with Crippen LogP contribution in [0.4, 0.5) is 4.79 Å². The fourth-order valence-electron chi connectivity index (χ4n) is 7.60. The highest BCUT2D eigenvalue weighted by molar-refractivity contribution is 8.14. The number of cyclic esters (lactones) is 1. The first-order chi connectivity index (χ1) is 25.8. The van der Waals surface area contributed by atoms with E-state index in [1.54, 1.807) is 39.2 Å². The predicted molar refractivity (Wildman–Crippen MR) is 211 cm³/mol. The molecule has 6 rings (SSSR count). The van der Waals surface area contributed by atoms with Crippen LogP contribution in [0.5, 0.6) is 0 Å². The lowest BCUT2D eigenvalue weighted by Gasteiger charge is -2.36. The molecule has 54 heavy (non-hydrogen) atoms. The monoisotopic (exact) mass is 761 g/mol. The SMILES string of the molecule is CCn1c(-c2cccnc2[C@H](C)OC)c2c3cc(ccc31)C1CSC(=N1)C[C@H](NC(=O)N(C)C[C@@H](C)OC)C(=O)N1CCC[C@H](N1)C(=O)OCC(C)(C)C2. The Morgan fingerprint density at radius 1 is 1.20 bits per heavy atom. The van der Waals surface area contributed by atoms with Crippen LogP contribution < -0.4 is 10.7 Å². The molecule has 2 aromatic heterocycles. The molecule has 2 N–H and O–H groups in total. The molecular formula is C40H55N7O6S. The van der Waals surface area contributed by atoms with Crippen molar-refractivity contribution in [2.45, 2.75) is 97.2 Å². The number of likely N-dealkylation sites (N-methyl/N-ethyl adjacent to an activating group) is 1. The number of hydrogen-bond donors (Lipinski definition) is 2. The standard InChI is InChI=1S/C40H55N7O6S/c1-9-46-33-15-14-26-18-28(33)29(36(46)27-12-10-16-41-35(27)25(3)52-8)20-40(4,5)23-53-38(49)30-13-11-17-47(44-30)37(48)31(19-34-42-32(26)22-54-34)43-39(50)45(6)21-24(2)51-7/h10,12,14-16,18,24-25,30-32,44H,9,11,13,17,19-23H2,1-8H3,(H,43,50)/t24-,25+,30+,31+,32?/m1/s1. The number of carbonyl (C=O) groups excluding carboxylic acids is 3. The van der Waals surface area contributed by atoms with Crippen molar-refractivity contribution in [2.24, 2.45) is 10.4 Å². The maximum Gasteiger partial charge on any atom is 0.324 e. The van der Waals surface area contributed by atoms with E-state index < -0.39 is 23.5 Å². The van der Waals surface area contributed by atoms with Crippen molar-refractivity contribution in [1.29, 1.82) is 0 Å². The number of urea groups is 1. The number of rotatable bonds is 8. The smallest absolute Gasteiger partial charge is 0.324 e. The van der Waals surface area contributed by atoms with Gasteiger partial charge in [0.2, 0.25) is 0 Å². The normalized spacial score (nSPS) is 23.0. The van der Waals surface area contributed by atoms with E-state index in [1.807, 2.05) is 19.9 Å². The molecule has 0 radical (unpaired) electrons. The van der Waals surface area contributed by atoms with Crippen molar-refractivity contribution in [2.75, 3.05) is 46.7 Å². The largest absolute Gasteiger partial charge is 0.464 e. The number of fused-ring (bicyclic) bond motifs is 5. The number of carbonyl (C=O) groups is 3. The first-order valence-electron chi connectivity index (χ1n) is 18.9. The topological polar surface area (TPSA) is 140 Å². The van der Waals surface area contributed by atoms with E-state index in [9.17, 15) is 14.4 Å². The van der Waals surface area contributed by atoms with E-state index in [0.717, 1.165) is 50.6 Å². The maximum absolute atomic E-state index is 14.2. The van der Waals surface area contributed by atoms with Crippen molar-refractivity contribution in [3.05, 3.63) is 53.3 Å². The summed E-state index contributed by atoms with van der Waals surface area (Å²) in [5.74, 6) is -0.0106. The average Bonchev–Trinajstić information content (AvgIpc) is 3.77. The highest BCUT2D eigenvalue weighted by Crippen LogP contribution is 2.42. The van der Waals surface area contributed by atoms with Gasteiger partial charge in [-0.2, -0.15) is 0 Å². The fourth-order valence-corrected chi connectivity index (χ4v) is 8.70.